The average molecular weight is 346 g/mol. The number of hydrogen-bond acceptors (Lipinski definition) is 3. The van der Waals surface area contributed by atoms with Crippen molar-refractivity contribution in [2.45, 2.75) is 32.4 Å². The summed E-state index contributed by atoms with van der Waals surface area (Å²) in [6, 6.07) is 15.1. The van der Waals surface area contributed by atoms with Gasteiger partial charge in [0.2, 0.25) is 10.0 Å². The maximum atomic E-state index is 11.9. The first-order chi connectivity index (χ1) is 11.5. The van der Waals surface area contributed by atoms with Gasteiger partial charge in [-0.3, -0.25) is 4.90 Å². The largest absolute Gasteiger partial charge is 0.299 e. The van der Waals surface area contributed by atoms with Crippen molar-refractivity contribution in [2.75, 3.05) is 25.9 Å². The summed E-state index contributed by atoms with van der Waals surface area (Å²) in [5.74, 6) is 0. The molecule has 130 valence electrons. The summed E-state index contributed by atoms with van der Waals surface area (Å²) in [6.07, 6.45) is 3.14. The molecule has 1 aliphatic rings. The molecular formula is C19H26N2O2S. The molecule has 0 spiro atoms. The zero-order chi connectivity index (χ0) is 17.2. The van der Waals surface area contributed by atoms with Crippen LogP contribution in [0.25, 0.3) is 10.8 Å². The standard InChI is InChI=1S/C19H26N2O2S/c1-3-21(24(2,22)23)18-11-13-20(14-12-18)15-17-9-6-8-16-7-4-5-10-19(16)17/h4-10,18H,3,11-15H2,1-2H3. The number of rotatable bonds is 5. The Bertz CT molecular complexity index is 791. The minimum Gasteiger partial charge on any atom is -0.299 e. The number of nitrogens with zero attached hydrogens (tertiary/aromatic N) is 2. The van der Waals surface area contributed by atoms with Crippen molar-refractivity contribution in [1.82, 2.24) is 9.21 Å². The van der Waals surface area contributed by atoms with E-state index in [0.717, 1.165) is 32.5 Å². The van der Waals surface area contributed by atoms with E-state index in [1.165, 1.54) is 22.6 Å². The number of piperidine rings is 1. The molecule has 24 heavy (non-hydrogen) atoms. The van der Waals surface area contributed by atoms with Gasteiger partial charge in [-0.05, 0) is 29.2 Å². The number of fused-ring (bicyclic) bond motifs is 1. The lowest BCUT2D eigenvalue weighted by Gasteiger charge is -2.37. The normalized spacial score (nSPS) is 17.6. The van der Waals surface area contributed by atoms with Gasteiger partial charge in [0.05, 0.1) is 6.26 Å². The highest BCUT2D eigenvalue weighted by Gasteiger charge is 2.28. The molecule has 2 aromatic carbocycles. The van der Waals surface area contributed by atoms with E-state index in [1.807, 2.05) is 6.92 Å². The summed E-state index contributed by atoms with van der Waals surface area (Å²) in [5, 5.41) is 2.59. The van der Waals surface area contributed by atoms with Crippen LogP contribution in [0.3, 0.4) is 0 Å². The van der Waals surface area contributed by atoms with E-state index < -0.39 is 10.0 Å². The quantitative estimate of drug-likeness (QED) is 0.835. The van der Waals surface area contributed by atoms with Gasteiger partial charge < -0.3 is 0 Å². The molecule has 0 amide bonds. The van der Waals surface area contributed by atoms with Gasteiger partial charge in [0.1, 0.15) is 0 Å². The van der Waals surface area contributed by atoms with Crippen molar-refractivity contribution < 1.29 is 8.42 Å². The predicted molar refractivity (Wildman–Crippen MR) is 99.5 cm³/mol. The van der Waals surface area contributed by atoms with Crippen LogP contribution in [0.1, 0.15) is 25.3 Å². The molecule has 0 bridgehead atoms. The van der Waals surface area contributed by atoms with E-state index in [1.54, 1.807) is 4.31 Å². The summed E-state index contributed by atoms with van der Waals surface area (Å²) in [4.78, 5) is 2.44. The highest BCUT2D eigenvalue weighted by molar-refractivity contribution is 7.88. The van der Waals surface area contributed by atoms with Crippen LogP contribution in [0.2, 0.25) is 0 Å². The van der Waals surface area contributed by atoms with E-state index in [0.29, 0.717) is 6.54 Å². The molecule has 0 radical (unpaired) electrons. The topological polar surface area (TPSA) is 40.6 Å². The molecule has 0 unspecified atom stereocenters. The van der Waals surface area contributed by atoms with Crippen molar-refractivity contribution in [3.8, 4) is 0 Å². The fourth-order valence-electron chi connectivity index (χ4n) is 3.80. The molecule has 1 saturated heterocycles. The summed E-state index contributed by atoms with van der Waals surface area (Å²) in [5.41, 5.74) is 1.35. The number of hydrogen-bond donors (Lipinski definition) is 0. The van der Waals surface area contributed by atoms with Gasteiger partial charge >= 0.3 is 0 Å². The second-order valence-electron chi connectivity index (χ2n) is 6.61. The molecular weight excluding hydrogens is 320 g/mol. The number of benzene rings is 2. The van der Waals surface area contributed by atoms with Gasteiger partial charge in [0, 0.05) is 32.2 Å². The SMILES string of the molecule is CCN(C1CCN(Cc2cccc3ccccc23)CC1)S(C)(=O)=O. The Balaban J connectivity index is 1.67. The lowest BCUT2D eigenvalue weighted by molar-refractivity contribution is 0.156. The van der Waals surface area contributed by atoms with Crippen molar-refractivity contribution in [1.29, 1.82) is 0 Å². The molecule has 1 aliphatic heterocycles. The molecule has 0 saturated carbocycles. The van der Waals surface area contributed by atoms with Gasteiger partial charge in [0.15, 0.2) is 0 Å². The van der Waals surface area contributed by atoms with E-state index in [-0.39, 0.29) is 6.04 Å². The summed E-state index contributed by atoms with van der Waals surface area (Å²) >= 11 is 0. The summed E-state index contributed by atoms with van der Waals surface area (Å²) in [6.45, 7) is 5.30. The Morgan fingerprint density at radius 2 is 1.75 bits per heavy atom. The van der Waals surface area contributed by atoms with Crippen molar-refractivity contribution in [3.63, 3.8) is 0 Å². The number of sulfonamides is 1. The predicted octanol–water partition coefficient (Wildman–Crippen LogP) is 3.09. The third-order valence-electron chi connectivity index (χ3n) is 4.98. The van der Waals surface area contributed by atoms with Crippen molar-refractivity contribution in [2.24, 2.45) is 0 Å². The fourth-order valence-corrected chi connectivity index (χ4v) is 5.02. The molecule has 1 heterocycles. The average Bonchev–Trinajstić information content (AvgIpc) is 2.56. The van der Waals surface area contributed by atoms with Gasteiger partial charge in [-0.25, -0.2) is 8.42 Å². The Labute approximate surface area is 145 Å². The van der Waals surface area contributed by atoms with Gasteiger partial charge in [-0.2, -0.15) is 4.31 Å². The zero-order valence-electron chi connectivity index (χ0n) is 14.5. The maximum absolute atomic E-state index is 11.9. The third kappa shape index (κ3) is 3.79. The van der Waals surface area contributed by atoms with E-state index in [4.69, 9.17) is 0 Å². The first kappa shape index (κ1) is 17.4. The minimum atomic E-state index is -3.10. The number of likely N-dealkylation sites (tertiary alicyclic amines) is 1. The third-order valence-corrected chi connectivity index (χ3v) is 6.38. The smallest absolute Gasteiger partial charge is 0.211 e. The van der Waals surface area contributed by atoms with Crippen LogP contribution in [-0.4, -0.2) is 49.6 Å². The molecule has 5 heteroatoms. The van der Waals surface area contributed by atoms with Crippen LogP contribution >= 0.6 is 0 Å². The van der Waals surface area contributed by atoms with Crippen LogP contribution < -0.4 is 0 Å². The molecule has 0 aliphatic carbocycles. The van der Waals surface area contributed by atoms with E-state index >= 15 is 0 Å². The fraction of sp³-hybridized carbons (Fsp3) is 0.474. The van der Waals surface area contributed by atoms with Gasteiger partial charge in [-0.15, -0.1) is 0 Å². The summed E-state index contributed by atoms with van der Waals surface area (Å²) in [7, 11) is -3.10. The molecule has 3 rings (SSSR count). The van der Waals surface area contributed by atoms with Gasteiger partial charge in [-0.1, -0.05) is 49.4 Å². The molecule has 2 aromatic rings. The van der Waals surface area contributed by atoms with Crippen LogP contribution in [0, 0.1) is 0 Å². The monoisotopic (exact) mass is 346 g/mol. The van der Waals surface area contributed by atoms with Crippen LogP contribution in [-0.2, 0) is 16.6 Å². The lowest BCUT2D eigenvalue weighted by Crippen LogP contribution is -2.46. The Morgan fingerprint density at radius 3 is 2.42 bits per heavy atom. The summed E-state index contributed by atoms with van der Waals surface area (Å²) < 4.78 is 25.4. The Hall–Kier alpha value is -1.43. The first-order valence-corrected chi connectivity index (χ1v) is 10.5. The maximum Gasteiger partial charge on any atom is 0.211 e. The molecule has 4 nitrogen and oxygen atoms in total. The Morgan fingerprint density at radius 1 is 1.08 bits per heavy atom. The lowest BCUT2D eigenvalue weighted by atomic mass is 10.0. The Kier molecular flexibility index (Phi) is 5.23. The molecule has 0 aromatic heterocycles. The first-order valence-electron chi connectivity index (χ1n) is 8.65. The van der Waals surface area contributed by atoms with Crippen LogP contribution in [0.5, 0.6) is 0 Å². The molecule has 1 fully saturated rings. The van der Waals surface area contributed by atoms with E-state index in [9.17, 15) is 8.42 Å². The zero-order valence-corrected chi connectivity index (χ0v) is 15.3. The van der Waals surface area contributed by atoms with Crippen molar-refractivity contribution >= 4 is 20.8 Å². The van der Waals surface area contributed by atoms with Crippen molar-refractivity contribution in [3.05, 3.63) is 48.0 Å². The second-order valence-corrected chi connectivity index (χ2v) is 8.55. The van der Waals surface area contributed by atoms with Gasteiger partial charge in [0.25, 0.3) is 0 Å². The highest BCUT2D eigenvalue weighted by atomic mass is 32.2. The minimum absolute atomic E-state index is 0.147. The second kappa shape index (κ2) is 7.21. The van der Waals surface area contributed by atoms with Crippen LogP contribution in [0.4, 0.5) is 0 Å². The molecule has 0 atom stereocenters. The highest BCUT2D eigenvalue weighted by Crippen LogP contribution is 2.23. The van der Waals surface area contributed by atoms with Crippen LogP contribution in [0.15, 0.2) is 42.5 Å². The van der Waals surface area contributed by atoms with E-state index in [2.05, 4.69) is 47.4 Å². The molecule has 0 N–H and O–H groups in total.